The van der Waals surface area contributed by atoms with Crippen LogP contribution in [0.25, 0.3) is 0 Å². The van der Waals surface area contributed by atoms with Gasteiger partial charge in [0.2, 0.25) is 5.91 Å². The van der Waals surface area contributed by atoms with Gasteiger partial charge in [-0.25, -0.2) is 0 Å². The van der Waals surface area contributed by atoms with E-state index in [9.17, 15) is 61.0 Å². The summed E-state index contributed by atoms with van der Waals surface area (Å²) in [6.07, 6.45) is 9.49. The molecule has 12 N–H and O–H groups in total. The van der Waals surface area contributed by atoms with Crippen LogP contribution in [0.3, 0.4) is 0 Å². The van der Waals surface area contributed by atoms with Crippen molar-refractivity contribution in [3.8, 4) is 0 Å². The number of aliphatic hydroxyl groups excluding tert-OH is 11. The van der Waals surface area contributed by atoms with E-state index >= 15 is 0 Å². The molecule has 17 atom stereocenters. The third-order valence-electron chi connectivity index (χ3n) is 12.6. The van der Waals surface area contributed by atoms with Crippen LogP contribution in [-0.2, 0) is 33.2 Å². The first-order valence-electron chi connectivity index (χ1n) is 25.5. The van der Waals surface area contributed by atoms with E-state index in [1.165, 1.54) is 0 Å². The fourth-order valence-corrected chi connectivity index (χ4v) is 8.34. The van der Waals surface area contributed by atoms with Crippen molar-refractivity contribution in [3.05, 3.63) is 60.8 Å². The van der Waals surface area contributed by atoms with Gasteiger partial charge in [-0.3, -0.25) is 4.79 Å². The van der Waals surface area contributed by atoms with Crippen molar-refractivity contribution in [2.45, 2.75) is 227 Å². The molecule has 0 aromatic heterocycles. The number of ether oxygens (including phenoxy) is 6. The Kier molecular flexibility index (Phi) is 31.4. The second kappa shape index (κ2) is 35.6. The first-order chi connectivity index (χ1) is 33.8. The van der Waals surface area contributed by atoms with Crippen LogP contribution in [0.5, 0.6) is 0 Å². The Labute approximate surface area is 414 Å². The molecule has 0 aromatic carbocycles. The lowest BCUT2D eigenvalue weighted by Crippen LogP contribution is -2.66. The molecule has 3 heterocycles. The Morgan fingerprint density at radius 3 is 1.53 bits per heavy atom. The van der Waals surface area contributed by atoms with E-state index in [0.717, 1.165) is 83.5 Å². The number of hydrogen-bond donors (Lipinski definition) is 12. The summed E-state index contributed by atoms with van der Waals surface area (Å²) in [5, 5.41) is 119. The Morgan fingerprint density at radius 2 is 0.986 bits per heavy atom. The molecule has 70 heavy (non-hydrogen) atoms. The lowest BCUT2D eigenvalue weighted by Gasteiger charge is -2.48. The number of amides is 1. The summed E-state index contributed by atoms with van der Waals surface area (Å²) in [6, 6.07) is -0.903. The molecule has 0 bridgehead atoms. The molecule has 404 valence electrons. The van der Waals surface area contributed by atoms with Crippen LogP contribution in [0.1, 0.15) is 123 Å². The van der Waals surface area contributed by atoms with Gasteiger partial charge in [0.25, 0.3) is 0 Å². The molecule has 0 saturated carbocycles. The molecule has 0 radical (unpaired) electrons. The molecule has 3 aliphatic rings. The standard InChI is InChI=1S/C51H87NO18/c1-3-5-7-9-11-12-13-14-15-16-17-18-19-20-21-22-23-25-27-29-39(57)52-34(35(56)28-26-24-10-8-6-4-2)33-65-49-45(63)42(60)47(37(31-54)67-49)70-51-46(64)43(61)48(38(32-55)68-51)69-50-44(62)41(59)40(58)36(30-53)66-50/h5,7,11-12,14-15,17-18,20-21,34-38,40-51,53-56,58-64H,3-4,6,8-10,13,16,19,22-33H2,1-2H3,(H,52,57)/b7-5-,12-11-,15-14-,18-17-,21-20-. The van der Waals surface area contributed by atoms with E-state index in [1.54, 1.807) is 0 Å². The molecule has 0 aromatic rings. The molecule has 3 aliphatic heterocycles. The van der Waals surface area contributed by atoms with Crippen molar-refractivity contribution in [2.75, 3.05) is 26.4 Å². The molecule has 17 unspecified atom stereocenters. The normalized spacial score (nSPS) is 33.1. The van der Waals surface area contributed by atoms with E-state index < -0.39 is 124 Å². The van der Waals surface area contributed by atoms with Crippen LogP contribution in [0.4, 0.5) is 0 Å². The average molecular weight is 1000 g/mol. The van der Waals surface area contributed by atoms with Crippen LogP contribution in [0, 0.1) is 0 Å². The highest BCUT2D eigenvalue weighted by Gasteiger charge is 2.53. The summed E-state index contributed by atoms with van der Waals surface area (Å²) < 4.78 is 34.0. The minimum absolute atomic E-state index is 0.223. The van der Waals surface area contributed by atoms with E-state index in [2.05, 4.69) is 79.9 Å². The third kappa shape index (κ3) is 21.1. The van der Waals surface area contributed by atoms with Gasteiger partial charge in [-0.05, 0) is 57.8 Å². The number of hydrogen-bond acceptors (Lipinski definition) is 18. The van der Waals surface area contributed by atoms with Crippen LogP contribution < -0.4 is 5.32 Å². The van der Waals surface area contributed by atoms with Crippen molar-refractivity contribution >= 4 is 5.91 Å². The highest BCUT2D eigenvalue weighted by Crippen LogP contribution is 2.33. The Morgan fingerprint density at radius 1 is 0.529 bits per heavy atom. The largest absolute Gasteiger partial charge is 0.394 e. The quantitative estimate of drug-likeness (QED) is 0.0323. The maximum absolute atomic E-state index is 13.2. The Balaban J connectivity index is 1.50. The molecule has 1 amide bonds. The summed E-state index contributed by atoms with van der Waals surface area (Å²) in [5.74, 6) is -0.285. The predicted octanol–water partition coefficient (Wildman–Crippen LogP) is 1.75. The van der Waals surface area contributed by atoms with Crippen molar-refractivity contribution in [1.29, 1.82) is 0 Å². The van der Waals surface area contributed by atoms with E-state index in [1.807, 2.05) is 0 Å². The molecule has 3 saturated heterocycles. The van der Waals surface area contributed by atoms with Gasteiger partial charge < -0.3 is 89.9 Å². The fraction of sp³-hybridized carbons (Fsp3) is 0.784. The molecular formula is C51H87NO18. The van der Waals surface area contributed by atoms with Gasteiger partial charge in [0.05, 0.1) is 38.6 Å². The van der Waals surface area contributed by atoms with Crippen molar-refractivity contribution in [3.63, 3.8) is 0 Å². The number of aliphatic hydroxyl groups is 11. The van der Waals surface area contributed by atoms with Crippen molar-refractivity contribution in [2.24, 2.45) is 0 Å². The summed E-state index contributed by atoms with van der Waals surface area (Å²) >= 11 is 0. The molecule has 3 rings (SSSR count). The zero-order valence-electron chi connectivity index (χ0n) is 41.2. The number of allylic oxidation sites excluding steroid dienone is 10. The van der Waals surface area contributed by atoms with Gasteiger partial charge in [-0.15, -0.1) is 0 Å². The zero-order valence-corrected chi connectivity index (χ0v) is 41.2. The van der Waals surface area contributed by atoms with Gasteiger partial charge >= 0.3 is 0 Å². The minimum atomic E-state index is -1.98. The van der Waals surface area contributed by atoms with Crippen molar-refractivity contribution < 1.29 is 89.4 Å². The summed E-state index contributed by atoms with van der Waals surface area (Å²) in [6.45, 7) is 1.51. The second-order valence-electron chi connectivity index (χ2n) is 18.3. The number of rotatable bonds is 34. The smallest absolute Gasteiger partial charge is 0.220 e. The van der Waals surface area contributed by atoms with Gasteiger partial charge in [0.1, 0.15) is 73.2 Å². The molecule has 3 fully saturated rings. The topological polar surface area (TPSA) is 307 Å². The predicted molar refractivity (Wildman–Crippen MR) is 258 cm³/mol. The SMILES string of the molecule is CC/C=C\C/C=C\C/C=C\C/C=C\C/C=C\CCCCCC(=O)NC(COC1OC(CO)C(OC2OC(CO)C(OC3OC(CO)C(O)C(O)C3O)C(O)C2O)C(O)C1O)C(O)CCCCCCCC. The number of unbranched alkanes of at least 4 members (excludes halogenated alkanes) is 8. The monoisotopic (exact) mass is 1000 g/mol. The summed E-state index contributed by atoms with van der Waals surface area (Å²) in [4.78, 5) is 13.2. The van der Waals surface area contributed by atoms with Crippen LogP contribution >= 0.6 is 0 Å². The summed E-state index contributed by atoms with van der Waals surface area (Å²) in [7, 11) is 0. The molecule has 19 heteroatoms. The molecule has 19 nitrogen and oxygen atoms in total. The minimum Gasteiger partial charge on any atom is -0.394 e. The van der Waals surface area contributed by atoms with Crippen LogP contribution in [0.2, 0.25) is 0 Å². The first kappa shape index (κ1) is 61.8. The van der Waals surface area contributed by atoms with E-state index in [-0.39, 0.29) is 18.9 Å². The number of carbonyl (C=O) groups excluding carboxylic acids is 1. The third-order valence-corrected chi connectivity index (χ3v) is 12.6. The maximum Gasteiger partial charge on any atom is 0.220 e. The highest BCUT2D eigenvalue weighted by molar-refractivity contribution is 5.76. The maximum atomic E-state index is 13.2. The lowest BCUT2D eigenvalue weighted by atomic mass is 9.96. The fourth-order valence-electron chi connectivity index (χ4n) is 8.34. The van der Waals surface area contributed by atoms with Gasteiger partial charge in [0.15, 0.2) is 18.9 Å². The van der Waals surface area contributed by atoms with Gasteiger partial charge in [-0.2, -0.15) is 0 Å². The summed E-state index contributed by atoms with van der Waals surface area (Å²) in [5.41, 5.74) is 0. The molecule has 0 spiro atoms. The Bertz CT molecular complexity index is 1530. The van der Waals surface area contributed by atoms with E-state index in [4.69, 9.17) is 28.4 Å². The second-order valence-corrected chi connectivity index (χ2v) is 18.3. The van der Waals surface area contributed by atoms with Crippen molar-refractivity contribution in [1.82, 2.24) is 5.32 Å². The van der Waals surface area contributed by atoms with E-state index in [0.29, 0.717) is 19.3 Å². The lowest BCUT2D eigenvalue weighted by molar-refractivity contribution is -0.379. The Hall–Kier alpha value is -2.51. The van der Waals surface area contributed by atoms with Crippen LogP contribution in [0.15, 0.2) is 60.8 Å². The number of nitrogens with one attached hydrogen (secondary N) is 1. The van der Waals surface area contributed by atoms with Gasteiger partial charge in [0, 0.05) is 6.42 Å². The average Bonchev–Trinajstić information content (AvgIpc) is 3.35. The highest BCUT2D eigenvalue weighted by atomic mass is 16.8. The number of carbonyl (C=O) groups is 1. The molecular weight excluding hydrogens is 915 g/mol. The van der Waals surface area contributed by atoms with Gasteiger partial charge in [-0.1, -0.05) is 120 Å². The zero-order chi connectivity index (χ0) is 51.3. The van der Waals surface area contributed by atoms with Crippen LogP contribution in [-0.4, -0.2) is 193 Å². The first-order valence-corrected chi connectivity index (χ1v) is 25.5. The molecule has 0 aliphatic carbocycles.